The minimum atomic E-state index is 0. The van der Waals surface area contributed by atoms with Gasteiger partial charge in [0.1, 0.15) is 0 Å². The summed E-state index contributed by atoms with van der Waals surface area (Å²) in [6.07, 6.45) is 0.961. The molecule has 1 aromatic rings. The Bertz CT molecular complexity index is 318. The van der Waals surface area contributed by atoms with Gasteiger partial charge in [0.05, 0.1) is 0 Å². The Morgan fingerprint density at radius 2 is 2.07 bits per heavy atom. The topological polar surface area (TPSA) is 29.1 Å². The van der Waals surface area contributed by atoms with Gasteiger partial charge in [0.25, 0.3) is 5.91 Å². The molecule has 2 heteroatoms. The van der Waals surface area contributed by atoms with E-state index in [1.54, 1.807) is 0 Å². The van der Waals surface area contributed by atoms with Gasteiger partial charge in [-0.05, 0) is 38.0 Å². The quantitative estimate of drug-likeness (QED) is 0.811. The van der Waals surface area contributed by atoms with Gasteiger partial charge in [0, 0.05) is 11.6 Å². The van der Waals surface area contributed by atoms with Crippen LogP contribution in [0.4, 0.5) is 0 Å². The minimum absolute atomic E-state index is 0. The summed E-state index contributed by atoms with van der Waals surface area (Å²) in [5.41, 5.74) is 1.94. The third-order valence-corrected chi connectivity index (χ3v) is 2.02. The van der Waals surface area contributed by atoms with Crippen molar-refractivity contribution in [3.8, 4) is 0 Å². The van der Waals surface area contributed by atoms with Crippen molar-refractivity contribution in [3.05, 3.63) is 35.4 Å². The van der Waals surface area contributed by atoms with Crippen LogP contribution in [0.1, 0.15) is 44.1 Å². The molecule has 0 aliphatic heterocycles. The molecule has 15 heavy (non-hydrogen) atoms. The van der Waals surface area contributed by atoms with E-state index in [2.05, 4.69) is 12.2 Å². The number of carbonyl (C=O) groups is 1. The number of amides is 1. The van der Waals surface area contributed by atoms with Crippen LogP contribution < -0.4 is 5.32 Å². The fourth-order valence-electron chi connectivity index (χ4n) is 1.28. The maximum atomic E-state index is 11.6. The first kappa shape index (κ1) is 13.7. The fraction of sp³-hybridized carbons (Fsp3) is 0.462. The maximum absolute atomic E-state index is 11.6. The van der Waals surface area contributed by atoms with Crippen molar-refractivity contribution in [2.45, 2.75) is 40.7 Å². The van der Waals surface area contributed by atoms with Crippen LogP contribution in [0.2, 0.25) is 0 Å². The van der Waals surface area contributed by atoms with Gasteiger partial charge in [-0.15, -0.1) is 0 Å². The van der Waals surface area contributed by atoms with Crippen molar-refractivity contribution >= 4 is 5.91 Å². The molecule has 0 aliphatic carbocycles. The van der Waals surface area contributed by atoms with E-state index in [0.717, 1.165) is 12.0 Å². The first-order valence-electron chi connectivity index (χ1n) is 5.03. The molecule has 0 radical (unpaired) electrons. The molecule has 1 amide bonds. The van der Waals surface area contributed by atoms with Gasteiger partial charge < -0.3 is 5.32 Å². The summed E-state index contributed by atoms with van der Waals surface area (Å²) < 4.78 is 0. The smallest absolute Gasteiger partial charge is 0.251 e. The second-order valence-electron chi connectivity index (χ2n) is 3.68. The Kier molecular flexibility index (Phi) is 5.68. The molecule has 0 heterocycles. The number of nitrogens with one attached hydrogen (secondary N) is 1. The van der Waals surface area contributed by atoms with Gasteiger partial charge in [-0.3, -0.25) is 4.79 Å². The number of rotatable bonds is 3. The molecule has 0 saturated carbocycles. The van der Waals surface area contributed by atoms with E-state index in [0.29, 0.717) is 0 Å². The third kappa shape index (κ3) is 4.15. The number of benzene rings is 1. The highest BCUT2D eigenvalue weighted by Crippen LogP contribution is 2.05. The highest BCUT2D eigenvalue weighted by Gasteiger charge is 2.06. The summed E-state index contributed by atoms with van der Waals surface area (Å²) in [4.78, 5) is 11.6. The van der Waals surface area contributed by atoms with Gasteiger partial charge in [0.2, 0.25) is 0 Å². The van der Waals surface area contributed by atoms with Crippen LogP contribution in [0.25, 0.3) is 0 Å². The lowest BCUT2D eigenvalue weighted by atomic mass is 10.1. The molecule has 0 fully saturated rings. The second-order valence-corrected chi connectivity index (χ2v) is 3.68. The van der Waals surface area contributed by atoms with E-state index in [9.17, 15) is 4.79 Å². The lowest BCUT2D eigenvalue weighted by Gasteiger charge is -2.08. The van der Waals surface area contributed by atoms with Gasteiger partial charge in [-0.1, -0.05) is 26.5 Å². The molecule has 84 valence electrons. The second kappa shape index (κ2) is 6.23. The molecule has 1 rings (SSSR count). The van der Waals surface area contributed by atoms with Crippen LogP contribution in [-0.2, 0) is 6.42 Å². The lowest BCUT2D eigenvalue weighted by molar-refractivity contribution is 0.0943. The molecule has 0 bridgehead atoms. The van der Waals surface area contributed by atoms with Crippen molar-refractivity contribution < 1.29 is 4.79 Å². The van der Waals surface area contributed by atoms with E-state index in [1.165, 1.54) is 5.56 Å². The molecule has 0 aliphatic rings. The third-order valence-electron chi connectivity index (χ3n) is 2.02. The zero-order valence-electron chi connectivity index (χ0n) is 9.00. The van der Waals surface area contributed by atoms with Crippen molar-refractivity contribution in [2.75, 3.05) is 0 Å². The van der Waals surface area contributed by atoms with Crippen LogP contribution in [0, 0.1) is 0 Å². The normalized spacial score (nSPS) is 9.60. The number of hydrogen-bond acceptors (Lipinski definition) is 1. The van der Waals surface area contributed by atoms with Gasteiger partial charge >= 0.3 is 0 Å². The predicted octanol–water partition coefficient (Wildman–Crippen LogP) is 3.02. The standard InChI is InChI=1S/C12H17NO.CH4/c1-4-10-6-5-7-11(8-10)12(14)13-9(2)3;/h5-9H,4H2,1-3H3,(H,13,14);1H4. The van der Waals surface area contributed by atoms with Crippen molar-refractivity contribution in [1.29, 1.82) is 0 Å². The molecule has 0 aromatic heterocycles. The summed E-state index contributed by atoms with van der Waals surface area (Å²) >= 11 is 0. The zero-order chi connectivity index (χ0) is 10.6. The van der Waals surface area contributed by atoms with Crippen molar-refractivity contribution in [2.24, 2.45) is 0 Å². The SMILES string of the molecule is C.CCc1cccc(C(=O)NC(C)C)c1. The Labute approximate surface area is 92.7 Å². The maximum Gasteiger partial charge on any atom is 0.251 e. The number of aryl methyl sites for hydroxylation is 1. The van der Waals surface area contributed by atoms with Crippen molar-refractivity contribution in [3.63, 3.8) is 0 Å². The van der Waals surface area contributed by atoms with E-state index in [4.69, 9.17) is 0 Å². The Balaban J connectivity index is 0.00000196. The minimum Gasteiger partial charge on any atom is -0.350 e. The molecule has 2 nitrogen and oxygen atoms in total. The Morgan fingerprint density at radius 1 is 1.40 bits per heavy atom. The van der Waals surface area contributed by atoms with E-state index in [1.807, 2.05) is 38.1 Å². The molecule has 0 saturated heterocycles. The van der Waals surface area contributed by atoms with Crippen LogP contribution >= 0.6 is 0 Å². The van der Waals surface area contributed by atoms with E-state index in [-0.39, 0.29) is 19.4 Å². The first-order chi connectivity index (χ1) is 6.63. The fourth-order valence-corrected chi connectivity index (χ4v) is 1.28. The number of carbonyl (C=O) groups excluding carboxylic acids is 1. The predicted molar refractivity (Wildman–Crippen MR) is 65.2 cm³/mol. The van der Waals surface area contributed by atoms with Gasteiger partial charge in [-0.2, -0.15) is 0 Å². The highest BCUT2D eigenvalue weighted by molar-refractivity contribution is 5.94. The molecule has 0 unspecified atom stereocenters. The summed E-state index contributed by atoms with van der Waals surface area (Å²) in [5, 5.41) is 2.87. The van der Waals surface area contributed by atoms with Gasteiger partial charge in [-0.25, -0.2) is 0 Å². The van der Waals surface area contributed by atoms with E-state index >= 15 is 0 Å². The summed E-state index contributed by atoms with van der Waals surface area (Å²) in [6, 6.07) is 7.93. The Hall–Kier alpha value is -1.31. The monoisotopic (exact) mass is 207 g/mol. The van der Waals surface area contributed by atoms with Crippen LogP contribution in [0.3, 0.4) is 0 Å². The largest absolute Gasteiger partial charge is 0.350 e. The van der Waals surface area contributed by atoms with Crippen LogP contribution in [-0.4, -0.2) is 11.9 Å². The molecule has 0 atom stereocenters. The molecular weight excluding hydrogens is 186 g/mol. The average molecular weight is 207 g/mol. The summed E-state index contributed by atoms with van der Waals surface area (Å²) in [5.74, 6) is 0.00954. The van der Waals surface area contributed by atoms with Crippen LogP contribution in [0.5, 0.6) is 0 Å². The van der Waals surface area contributed by atoms with E-state index < -0.39 is 0 Å². The summed E-state index contributed by atoms with van der Waals surface area (Å²) in [7, 11) is 0. The van der Waals surface area contributed by atoms with Crippen molar-refractivity contribution in [1.82, 2.24) is 5.32 Å². The van der Waals surface area contributed by atoms with Crippen LogP contribution in [0.15, 0.2) is 24.3 Å². The zero-order valence-corrected chi connectivity index (χ0v) is 9.00. The average Bonchev–Trinajstić information content (AvgIpc) is 2.17. The molecule has 1 N–H and O–H groups in total. The lowest BCUT2D eigenvalue weighted by Crippen LogP contribution is -2.30. The highest BCUT2D eigenvalue weighted by atomic mass is 16.1. The molecular formula is C13H21NO. The van der Waals surface area contributed by atoms with Gasteiger partial charge in [0.15, 0.2) is 0 Å². The molecule has 1 aromatic carbocycles. The molecule has 0 spiro atoms. The first-order valence-corrected chi connectivity index (χ1v) is 5.03. The Morgan fingerprint density at radius 3 is 2.60 bits per heavy atom. The number of hydrogen-bond donors (Lipinski definition) is 1. The summed E-state index contributed by atoms with van der Waals surface area (Å²) in [6.45, 7) is 6.00.